The number of carbonyl (C=O) groups is 1. The van der Waals surface area contributed by atoms with Gasteiger partial charge < -0.3 is 15.8 Å². The van der Waals surface area contributed by atoms with Crippen molar-refractivity contribution in [2.24, 2.45) is 0 Å². The third kappa shape index (κ3) is 4.40. The van der Waals surface area contributed by atoms with Crippen molar-refractivity contribution < 1.29 is 9.53 Å². The second-order valence-electron chi connectivity index (χ2n) is 6.85. The molecule has 1 saturated heterocycles. The largest absolute Gasteiger partial charge is 0.465 e. The van der Waals surface area contributed by atoms with E-state index < -0.39 is 11.7 Å². The van der Waals surface area contributed by atoms with Gasteiger partial charge in [0.15, 0.2) is 0 Å². The van der Waals surface area contributed by atoms with E-state index in [1.54, 1.807) is 24.4 Å². The minimum Gasteiger partial charge on any atom is -0.465 e. The molecule has 0 amide bonds. The molecule has 1 unspecified atom stereocenters. The number of nitrogens with one attached hydrogen (secondary N) is 1. The Morgan fingerprint density at radius 1 is 1.29 bits per heavy atom. The summed E-state index contributed by atoms with van der Waals surface area (Å²) in [5.41, 5.74) is 6.62. The molecule has 1 atom stereocenters. The number of likely N-dealkylation sites (tertiary alicyclic amines) is 1. The minimum atomic E-state index is -0.451. The van der Waals surface area contributed by atoms with E-state index in [1.165, 1.54) is 4.57 Å². The highest BCUT2D eigenvalue weighted by Crippen LogP contribution is 2.27. The first kappa shape index (κ1) is 20.0. The molecule has 3 rings (SSSR count). The van der Waals surface area contributed by atoms with E-state index in [0.717, 1.165) is 31.5 Å². The molecular formula is C20H27N5O3. The van der Waals surface area contributed by atoms with Gasteiger partial charge in [-0.25, -0.2) is 9.59 Å². The second-order valence-corrected chi connectivity index (χ2v) is 6.85. The number of nitrogens with zero attached hydrogens (tertiary/aromatic N) is 3. The molecular weight excluding hydrogens is 358 g/mol. The lowest BCUT2D eigenvalue weighted by Gasteiger charge is -2.36. The molecule has 0 saturated carbocycles. The van der Waals surface area contributed by atoms with Crippen LogP contribution in [0.15, 0.2) is 41.3 Å². The van der Waals surface area contributed by atoms with Crippen molar-refractivity contribution in [3.63, 3.8) is 0 Å². The van der Waals surface area contributed by atoms with E-state index in [1.807, 2.05) is 26.1 Å². The Bertz CT molecular complexity index is 857. The summed E-state index contributed by atoms with van der Waals surface area (Å²) in [7, 11) is 1.97. The van der Waals surface area contributed by atoms with Crippen LogP contribution in [0, 0.1) is 0 Å². The molecule has 1 aliphatic heterocycles. The zero-order chi connectivity index (χ0) is 20.1. The van der Waals surface area contributed by atoms with Crippen LogP contribution in [0.4, 0.5) is 5.82 Å². The SMILES string of the molecule is CCOC(=O)C(c1ccc(-n2ccc(N)nc2=O)cc1)N1CCC(NC)CC1. The Labute approximate surface area is 164 Å². The van der Waals surface area contributed by atoms with Crippen LogP contribution in [0.3, 0.4) is 0 Å². The molecule has 1 aliphatic rings. The fourth-order valence-corrected chi connectivity index (χ4v) is 3.59. The van der Waals surface area contributed by atoms with Gasteiger partial charge in [0.25, 0.3) is 0 Å². The first-order valence-electron chi connectivity index (χ1n) is 9.57. The third-order valence-corrected chi connectivity index (χ3v) is 5.12. The highest BCUT2D eigenvalue weighted by molar-refractivity contribution is 5.77. The number of esters is 1. The Balaban J connectivity index is 1.86. The van der Waals surface area contributed by atoms with Crippen LogP contribution in [0.2, 0.25) is 0 Å². The van der Waals surface area contributed by atoms with Gasteiger partial charge in [-0.3, -0.25) is 9.47 Å². The number of piperidine rings is 1. The highest BCUT2D eigenvalue weighted by atomic mass is 16.5. The summed E-state index contributed by atoms with van der Waals surface area (Å²) in [6.07, 6.45) is 3.55. The van der Waals surface area contributed by atoms with Crippen LogP contribution in [-0.2, 0) is 9.53 Å². The average Bonchev–Trinajstić information content (AvgIpc) is 2.70. The normalized spacial score (nSPS) is 16.6. The lowest BCUT2D eigenvalue weighted by Crippen LogP contribution is -2.45. The van der Waals surface area contributed by atoms with Crippen molar-refractivity contribution in [3.05, 3.63) is 52.6 Å². The van der Waals surface area contributed by atoms with Gasteiger partial charge in [-0.2, -0.15) is 4.98 Å². The van der Waals surface area contributed by atoms with Crippen LogP contribution >= 0.6 is 0 Å². The summed E-state index contributed by atoms with van der Waals surface area (Å²) in [6.45, 7) is 3.79. The molecule has 0 bridgehead atoms. The molecule has 8 heteroatoms. The van der Waals surface area contributed by atoms with Crippen molar-refractivity contribution in [1.82, 2.24) is 19.8 Å². The number of nitrogens with two attached hydrogens (primary N) is 1. The molecule has 28 heavy (non-hydrogen) atoms. The summed E-state index contributed by atoms with van der Waals surface area (Å²) in [6, 6.07) is 8.94. The van der Waals surface area contributed by atoms with E-state index in [4.69, 9.17) is 10.5 Å². The monoisotopic (exact) mass is 385 g/mol. The van der Waals surface area contributed by atoms with Crippen molar-refractivity contribution in [3.8, 4) is 5.69 Å². The Morgan fingerprint density at radius 3 is 2.54 bits per heavy atom. The summed E-state index contributed by atoms with van der Waals surface area (Å²) in [4.78, 5) is 30.6. The first-order chi connectivity index (χ1) is 13.5. The molecule has 0 radical (unpaired) electrons. The molecule has 2 heterocycles. The lowest BCUT2D eigenvalue weighted by molar-refractivity contribution is -0.150. The number of carbonyl (C=O) groups excluding carboxylic acids is 1. The number of anilines is 1. The lowest BCUT2D eigenvalue weighted by atomic mass is 9.99. The summed E-state index contributed by atoms with van der Waals surface area (Å²) in [5, 5.41) is 3.30. The fourth-order valence-electron chi connectivity index (χ4n) is 3.59. The van der Waals surface area contributed by atoms with Crippen LogP contribution in [0.25, 0.3) is 5.69 Å². The second kappa shape index (κ2) is 8.99. The number of hydrogen-bond donors (Lipinski definition) is 2. The molecule has 150 valence electrons. The highest BCUT2D eigenvalue weighted by Gasteiger charge is 2.31. The van der Waals surface area contributed by atoms with Gasteiger partial charge in [0.2, 0.25) is 0 Å². The first-order valence-corrected chi connectivity index (χ1v) is 9.57. The quantitative estimate of drug-likeness (QED) is 0.718. The van der Waals surface area contributed by atoms with Crippen LogP contribution in [0.1, 0.15) is 31.4 Å². The predicted molar refractivity (Wildman–Crippen MR) is 107 cm³/mol. The number of benzene rings is 1. The molecule has 1 fully saturated rings. The number of rotatable bonds is 6. The van der Waals surface area contributed by atoms with Gasteiger partial charge in [0.05, 0.1) is 12.3 Å². The number of nitrogen functional groups attached to an aromatic ring is 1. The zero-order valence-electron chi connectivity index (χ0n) is 16.3. The Hall–Kier alpha value is -2.71. The van der Waals surface area contributed by atoms with Crippen molar-refractivity contribution in [1.29, 1.82) is 0 Å². The van der Waals surface area contributed by atoms with Crippen molar-refractivity contribution in [2.45, 2.75) is 31.8 Å². The molecule has 3 N–H and O–H groups in total. The van der Waals surface area contributed by atoms with E-state index in [9.17, 15) is 9.59 Å². The van der Waals surface area contributed by atoms with Gasteiger partial charge in [0.1, 0.15) is 11.9 Å². The van der Waals surface area contributed by atoms with Crippen LogP contribution < -0.4 is 16.7 Å². The molecule has 1 aromatic carbocycles. The van der Waals surface area contributed by atoms with Gasteiger partial charge in [-0.1, -0.05) is 12.1 Å². The molecule has 2 aromatic rings. The van der Waals surface area contributed by atoms with E-state index in [2.05, 4.69) is 15.2 Å². The molecule has 0 spiro atoms. The van der Waals surface area contributed by atoms with Crippen molar-refractivity contribution in [2.75, 3.05) is 32.5 Å². The molecule has 0 aliphatic carbocycles. The van der Waals surface area contributed by atoms with E-state index >= 15 is 0 Å². The van der Waals surface area contributed by atoms with Gasteiger partial charge in [0, 0.05) is 25.3 Å². The standard InChI is InChI=1S/C20H27N5O3/c1-3-28-19(26)18(24-11-8-15(22-2)9-12-24)14-4-6-16(7-5-14)25-13-10-17(21)23-20(25)27/h4-7,10,13,15,18,22H,3,8-9,11-12H2,1-2H3,(H2,21,23,27). The predicted octanol–water partition coefficient (Wildman–Crippen LogP) is 1.10. The van der Waals surface area contributed by atoms with Crippen LogP contribution in [-0.4, -0.2) is 53.2 Å². The number of ether oxygens (including phenoxy) is 1. The molecule has 8 nitrogen and oxygen atoms in total. The third-order valence-electron chi connectivity index (χ3n) is 5.12. The maximum atomic E-state index is 12.7. The Kier molecular flexibility index (Phi) is 6.43. The number of hydrogen-bond acceptors (Lipinski definition) is 7. The average molecular weight is 385 g/mol. The fraction of sp³-hybridized carbons (Fsp3) is 0.450. The van der Waals surface area contributed by atoms with Crippen molar-refractivity contribution >= 4 is 11.8 Å². The maximum absolute atomic E-state index is 12.7. The minimum absolute atomic E-state index is 0.185. The number of aromatic nitrogens is 2. The van der Waals surface area contributed by atoms with E-state index in [-0.39, 0.29) is 11.8 Å². The molecule has 1 aromatic heterocycles. The maximum Gasteiger partial charge on any atom is 0.354 e. The van der Waals surface area contributed by atoms with Gasteiger partial charge >= 0.3 is 11.7 Å². The summed E-state index contributed by atoms with van der Waals surface area (Å²) in [5.74, 6) is -0.0605. The van der Waals surface area contributed by atoms with Gasteiger partial charge in [-0.05, 0) is 50.6 Å². The van der Waals surface area contributed by atoms with Crippen LogP contribution in [0.5, 0.6) is 0 Å². The smallest absolute Gasteiger partial charge is 0.354 e. The van der Waals surface area contributed by atoms with Gasteiger partial charge in [-0.15, -0.1) is 0 Å². The summed E-state index contributed by atoms with van der Waals surface area (Å²) >= 11 is 0. The summed E-state index contributed by atoms with van der Waals surface area (Å²) < 4.78 is 6.75. The topological polar surface area (TPSA) is 102 Å². The zero-order valence-corrected chi connectivity index (χ0v) is 16.3. The van der Waals surface area contributed by atoms with E-state index in [0.29, 0.717) is 18.3 Å². The Morgan fingerprint density at radius 2 is 1.96 bits per heavy atom.